The van der Waals surface area contributed by atoms with Crippen LogP contribution < -0.4 is 4.90 Å². The zero-order valence-electron chi connectivity index (χ0n) is 11.4. The van der Waals surface area contributed by atoms with Gasteiger partial charge in [0.25, 0.3) is 0 Å². The van der Waals surface area contributed by atoms with Crippen LogP contribution in [-0.4, -0.2) is 37.8 Å². The number of carbonyl (C=O) groups is 1. The summed E-state index contributed by atoms with van der Waals surface area (Å²) < 4.78 is 23.2. The normalized spacial score (nSPS) is 20.8. The molecular weight excluding hydrogens is 298 g/mol. The first-order chi connectivity index (χ1) is 9.46. The SMILES string of the molecule is CCc1ccc(N(C(=O)CCl)C2CCS(=O)(=O)C2)cc1. The highest BCUT2D eigenvalue weighted by molar-refractivity contribution is 7.91. The number of benzene rings is 1. The average molecular weight is 316 g/mol. The van der Waals surface area contributed by atoms with E-state index in [0.717, 1.165) is 12.1 Å². The van der Waals surface area contributed by atoms with Crippen LogP contribution in [0.15, 0.2) is 24.3 Å². The van der Waals surface area contributed by atoms with E-state index in [9.17, 15) is 13.2 Å². The number of hydrogen-bond donors (Lipinski definition) is 0. The molecule has 1 atom stereocenters. The number of carbonyl (C=O) groups excluding carboxylic acids is 1. The second-order valence-corrected chi connectivity index (χ2v) is 7.47. The Kier molecular flexibility index (Phi) is 4.70. The minimum absolute atomic E-state index is 0.0190. The maximum absolute atomic E-state index is 12.1. The molecule has 20 heavy (non-hydrogen) atoms. The lowest BCUT2D eigenvalue weighted by molar-refractivity contribution is -0.116. The molecule has 1 aromatic carbocycles. The van der Waals surface area contributed by atoms with Crippen LogP contribution >= 0.6 is 11.6 Å². The Morgan fingerprint density at radius 1 is 1.35 bits per heavy atom. The van der Waals surface area contributed by atoms with Crippen molar-refractivity contribution in [2.24, 2.45) is 0 Å². The standard InChI is InChI=1S/C14H18ClNO3S/c1-2-11-3-5-12(6-4-11)16(14(17)9-15)13-7-8-20(18,19)10-13/h3-6,13H,2,7-10H2,1H3. The van der Waals surface area contributed by atoms with E-state index in [0.29, 0.717) is 6.42 Å². The monoisotopic (exact) mass is 315 g/mol. The number of sulfone groups is 1. The summed E-state index contributed by atoms with van der Waals surface area (Å²) in [7, 11) is -3.04. The van der Waals surface area contributed by atoms with E-state index in [1.807, 2.05) is 24.3 Å². The number of anilines is 1. The maximum atomic E-state index is 12.1. The van der Waals surface area contributed by atoms with Crippen LogP contribution in [0.1, 0.15) is 18.9 Å². The predicted molar refractivity (Wildman–Crippen MR) is 81.1 cm³/mol. The smallest absolute Gasteiger partial charge is 0.242 e. The first kappa shape index (κ1) is 15.3. The van der Waals surface area contributed by atoms with Crippen molar-refractivity contribution < 1.29 is 13.2 Å². The number of halogens is 1. The van der Waals surface area contributed by atoms with Crippen molar-refractivity contribution in [1.82, 2.24) is 0 Å². The van der Waals surface area contributed by atoms with Gasteiger partial charge in [0.2, 0.25) is 5.91 Å². The number of nitrogens with zero attached hydrogens (tertiary/aromatic N) is 1. The van der Waals surface area contributed by atoms with E-state index in [1.165, 1.54) is 10.5 Å². The molecule has 0 aliphatic carbocycles. The van der Waals surface area contributed by atoms with Gasteiger partial charge in [-0.3, -0.25) is 4.79 Å². The van der Waals surface area contributed by atoms with E-state index in [-0.39, 0.29) is 29.3 Å². The highest BCUT2D eigenvalue weighted by atomic mass is 35.5. The lowest BCUT2D eigenvalue weighted by atomic mass is 10.1. The third-order valence-corrected chi connectivity index (χ3v) is 5.56. The summed E-state index contributed by atoms with van der Waals surface area (Å²) in [5.74, 6) is -0.244. The van der Waals surface area contributed by atoms with Crippen molar-refractivity contribution in [2.45, 2.75) is 25.8 Å². The summed E-state index contributed by atoms with van der Waals surface area (Å²) in [5.41, 5.74) is 1.89. The Balaban J connectivity index is 2.30. The van der Waals surface area contributed by atoms with Gasteiger partial charge in [-0.15, -0.1) is 11.6 Å². The highest BCUT2D eigenvalue weighted by Crippen LogP contribution is 2.25. The van der Waals surface area contributed by atoms with E-state index in [4.69, 9.17) is 11.6 Å². The summed E-state index contributed by atoms with van der Waals surface area (Å²) in [4.78, 5) is 13.6. The molecule has 1 heterocycles. The molecular formula is C14H18ClNO3S. The summed E-state index contributed by atoms with van der Waals surface area (Å²) in [6, 6.07) is 7.31. The topological polar surface area (TPSA) is 54.5 Å². The Bertz CT molecular complexity index is 583. The van der Waals surface area contributed by atoms with Crippen LogP contribution in [0.5, 0.6) is 0 Å². The van der Waals surface area contributed by atoms with Crippen LogP contribution in [0.4, 0.5) is 5.69 Å². The molecule has 0 spiro atoms. The van der Waals surface area contributed by atoms with Crippen molar-refractivity contribution in [3.8, 4) is 0 Å². The second-order valence-electron chi connectivity index (χ2n) is 4.97. The van der Waals surface area contributed by atoms with Crippen LogP contribution in [0.3, 0.4) is 0 Å². The van der Waals surface area contributed by atoms with Gasteiger partial charge in [0.05, 0.1) is 17.5 Å². The Hall–Kier alpha value is -1.07. The lowest BCUT2D eigenvalue weighted by Gasteiger charge is -2.28. The minimum atomic E-state index is -3.04. The number of hydrogen-bond acceptors (Lipinski definition) is 3. The second kappa shape index (κ2) is 6.14. The predicted octanol–water partition coefficient (Wildman–Crippen LogP) is 2.01. The van der Waals surface area contributed by atoms with Crippen molar-refractivity contribution in [1.29, 1.82) is 0 Å². The molecule has 1 unspecified atom stereocenters. The average Bonchev–Trinajstić information content (AvgIpc) is 2.79. The van der Waals surface area contributed by atoms with Gasteiger partial charge in [-0.2, -0.15) is 0 Å². The number of rotatable bonds is 4. The van der Waals surface area contributed by atoms with E-state index in [1.54, 1.807) is 0 Å². The molecule has 0 aromatic heterocycles. The summed E-state index contributed by atoms with van der Waals surface area (Å²) >= 11 is 5.66. The van der Waals surface area contributed by atoms with E-state index in [2.05, 4.69) is 6.92 Å². The molecule has 0 radical (unpaired) electrons. The molecule has 1 fully saturated rings. The van der Waals surface area contributed by atoms with Gasteiger partial charge in [0.1, 0.15) is 5.88 Å². The fraction of sp³-hybridized carbons (Fsp3) is 0.500. The fourth-order valence-electron chi connectivity index (χ4n) is 2.49. The van der Waals surface area contributed by atoms with Gasteiger partial charge in [0.15, 0.2) is 9.84 Å². The molecule has 0 N–H and O–H groups in total. The lowest BCUT2D eigenvalue weighted by Crippen LogP contribution is -2.42. The zero-order chi connectivity index (χ0) is 14.8. The van der Waals surface area contributed by atoms with Crippen LogP contribution in [0.25, 0.3) is 0 Å². The Labute approximate surface area is 124 Å². The third-order valence-electron chi connectivity index (χ3n) is 3.58. The molecule has 1 amide bonds. The third kappa shape index (κ3) is 3.33. The number of aryl methyl sites for hydroxylation is 1. The Morgan fingerprint density at radius 3 is 2.45 bits per heavy atom. The largest absolute Gasteiger partial charge is 0.307 e. The molecule has 1 aliphatic heterocycles. The van der Waals surface area contributed by atoms with Gasteiger partial charge in [0, 0.05) is 5.69 Å². The van der Waals surface area contributed by atoms with Crippen molar-refractivity contribution in [2.75, 3.05) is 22.3 Å². The van der Waals surface area contributed by atoms with Crippen LogP contribution in [0.2, 0.25) is 0 Å². The van der Waals surface area contributed by atoms with E-state index < -0.39 is 9.84 Å². The van der Waals surface area contributed by atoms with Crippen molar-refractivity contribution in [3.05, 3.63) is 29.8 Å². The Morgan fingerprint density at radius 2 is 2.00 bits per heavy atom. The molecule has 1 saturated heterocycles. The quantitative estimate of drug-likeness (QED) is 0.799. The molecule has 0 saturated carbocycles. The molecule has 1 aromatic rings. The summed E-state index contributed by atoms with van der Waals surface area (Å²) in [6.07, 6.45) is 1.39. The van der Waals surface area contributed by atoms with Crippen molar-refractivity contribution >= 4 is 33.0 Å². The fourth-order valence-corrected chi connectivity index (χ4v) is 4.32. The minimum Gasteiger partial charge on any atom is -0.307 e. The van der Waals surface area contributed by atoms with Gasteiger partial charge >= 0.3 is 0 Å². The molecule has 110 valence electrons. The number of amides is 1. The first-order valence-corrected chi connectivity index (χ1v) is 9.00. The van der Waals surface area contributed by atoms with Crippen LogP contribution in [0, 0.1) is 0 Å². The molecule has 0 bridgehead atoms. The van der Waals surface area contributed by atoms with Crippen LogP contribution in [-0.2, 0) is 21.1 Å². The van der Waals surface area contributed by atoms with Gasteiger partial charge in [-0.05, 0) is 30.5 Å². The summed E-state index contributed by atoms with van der Waals surface area (Å²) in [5, 5.41) is 0. The van der Waals surface area contributed by atoms with Gasteiger partial charge < -0.3 is 4.90 Å². The summed E-state index contributed by atoms with van der Waals surface area (Å²) in [6.45, 7) is 2.06. The van der Waals surface area contributed by atoms with Gasteiger partial charge in [-0.25, -0.2) is 8.42 Å². The molecule has 6 heteroatoms. The molecule has 4 nitrogen and oxygen atoms in total. The first-order valence-electron chi connectivity index (χ1n) is 6.64. The van der Waals surface area contributed by atoms with Crippen molar-refractivity contribution in [3.63, 3.8) is 0 Å². The maximum Gasteiger partial charge on any atom is 0.242 e. The molecule has 2 rings (SSSR count). The molecule has 1 aliphatic rings. The van der Waals surface area contributed by atoms with Gasteiger partial charge in [-0.1, -0.05) is 19.1 Å². The zero-order valence-corrected chi connectivity index (χ0v) is 13.0. The number of alkyl halides is 1. The van der Waals surface area contributed by atoms with E-state index >= 15 is 0 Å². The highest BCUT2D eigenvalue weighted by Gasteiger charge is 2.35.